The fraction of sp³-hybridized carbons (Fsp3) is 0.350. The number of ether oxygens (including phenoxy) is 1. The number of hydrogen-bond donors (Lipinski definition) is 1. The van der Waals surface area contributed by atoms with Gasteiger partial charge in [0, 0.05) is 0 Å². The number of carboxylic acids is 1. The summed E-state index contributed by atoms with van der Waals surface area (Å²) in [6.45, 7) is 7.63. The minimum Gasteiger partial charge on any atom is -0.546 e. The van der Waals surface area contributed by atoms with Crippen LogP contribution in [0.4, 0.5) is 0 Å². The van der Waals surface area contributed by atoms with E-state index in [0.717, 1.165) is 28.7 Å². The SMILES string of the molecule is Cc1cc(OCC(=O)[O-])cc(C)c1Cc1ccc(O)c(C(C)C)c1. The first-order valence-corrected chi connectivity index (χ1v) is 8.02. The Hall–Kier alpha value is -2.49. The maximum atomic E-state index is 10.5. The molecule has 0 spiro atoms. The van der Waals surface area contributed by atoms with Gasteiger partial charge in [-0.15, -0.1) is 0 Å². The third kappa shape index (κ3) is 4.28. The first-order chi connectivity index (χ1) is 11.3. The van der Waals surface area contributed by atoms with E-state index in [1.807, 2.05) is 38.1 Å². The second kappa shape index (κ2) is 7.39. The van der Waals surface area contributed by atoms with Crippen LogP contribution in [0, 0.1) is 13.8 Å². The van der Waals surface area contributed by atoms with Gasteiger partial charge in [0.15, 0.2) is 0 Å². The molecular formula is C20H23O4-. The Morgan fingerprint density at radius 1 is 1.17 bits per heavy atom. The average Bonchev–Trinajstić information content (AvgIpc) is 2.50. The molecule has 24 heavy (non-hydrogen) atoms. The number of phenolic OH excluding ortho intramolecular Hbond substituents is 1. The molecule has 0 aliphatic rings. The molecule has 0 bridgehead atoms. The predicted octanol–water partition coefficient (Wildman–Crippen LogP) is 2.85. The second-order valence-corrected chi connectivity index (χ2v) is 6.42. The van der Waals surface area contributed by atoms with Crippen molar-refractivity contribution in [2.24, 2.45) is 0 Å². The van der Waals surface area contributed by atoms with E-state index in [1.165, 1.54) is 5.56 Å². The van der Waals surface area contributed by atoms with Crippen LogP contribution in [-0.2, 0) is 11.2 Å². The number of benzene rings is 2. The van der Waals surface area contributed by atoms with Gasteiger partial charge < -0.3 is 19.7 Å². The lowest BCUT2D eigenvalue weighted by Gasteiger charge is -2.15. The van der Waals surface area contributed by atoms with Gasteiger partial charge in [-0.3, -0.25) is 0 Å². The third-order valence-corrected chi connectivity index (χ3v) is 4.12. The molecule has 0 radical (unpaired) electrons. The fourth-order valence-electron chi connectivity index (χ4n) is 2.84. The van der Waals surface area contributed by atoms with E-state index in [-0.39, 0.29) is 5.92 Å². The molecule has 0 atom stereocenters. The molecule has 0 amide bonds. The molecule has 0 fully saturated rings. The van der Waals surface area contributed by atoms with E-state index in [1.54, 1.807) is 6.07 Å². The number of carbonyl (C=O) groups excluding carboxylic acids is 1. The molecule has 2 aromatic rings. The first-order valence-electron chi connectivity index (χ1n) is 8.02. The monoisotopic (exact) mass is 327 g/mol. The van der Waals surface area contributed by atoms with Gasteiger partial charge in [0.05, 0.1) is 5.97 Å². The zero-order chi connectivity index (χ0) is 17.9. The van der Waals surface area contributed by atoms with E-state index >= 15 is 0 Å². The molecule has 0 heterocycles. The molecule has 0 aliphatic heterocycles. The van der Waals surface area contributed by atoms with Crippen LogP contribution < -0.4 is 9.84 Å². The summed E-state index contributed by atoms with van der Waals surface area (Å²) in [4.78, 5) is 10.5. The largest absolute Gasteiger partial charge is 0.546 e. The molecule has 128 valence electrons. The highest BCUT2D eigenvalue weighted by molar-refractivity contribution is 5.66. The smallest absolute Gasteiger partial charge is 0.128 e. The maximum absolute atomic E-state index is 10.5. The summed E-state index contributed by atoms with van der Waals surface area (Å²) in [6.07, 6.45) is 0.748. The van der Waals surface area contributed by atoms with E-state index in [0.29, 0.717) is 11.5 Å². The molecule has 2 aromatic carbocycles. The topological polar surface area (TPSA) is 69.6 Å². The van der Waals surface area contributed by atoms with E-state index in [4.69, 9.17) is 4.74 Å². The van der Waals surface area contributed by atoms with Crippen molar-refractivity contribution in [2.45, 2.75) is 40.0 Å². The zero-order valence-electron chi connectivity index (χ0n) is 14.6. The Kier molecular flexibility index (Phi) is 5.50. The summed E-state index contributed by atoms with van der Waals surface area (Å²) in [7, 11) is 0. The predicted molar refractivity (Wildman–Crippen MR) is 91.4 cm³/mol. The summed E-state index contributed by atoms with van der Waals surface area (Å²) in [5.41, 5.74) is 5.34. The maximum Gasteiger partial charge on any atom is 0.128 e. The van der Waals surface area contributed by atoms with E-state index < -0.39 is 12.6 Å². The molecule has 0 aromatic heterocycles. The average molecular weight is 327 g/mol. The van der Waals surface area contributed by atoms with Gasteiger partial charge in [-0.1, -0.05) is 26.0 Å². The van der Waals surface area contributed by atoms with Gasteiger partial charge in [0.1, 0.15) is 18.1 Å². The van der Waals surface area contributed by atoms with E-state index in [9.17, 15) is 15.0 Å². The molecule has 0 saturated heterocycles. The summed E-state index contributed by atoms with van der Waals surface area (Å²) >= 11 is 0. The number of rotatable bonds is 6. The van der Waals surface area contributed by atoms with Crippen molar-refractivity contribution in [3.63, 3.8) is 0 Å². The quantitative estimate of drug-likeness (QED) is 0.886. The Balaban J connectivity index is 2.27. The highest BCUT2D eigenvalue weighted by Gasteiger charge is 2.11. The zero-order valence-corrected chi connectivity index (χ0v) is 14.6. The summed E-state index contributed by atoms with van der Waals surface area (Å²) < 4.78 is 5.21. The molecule has 0 saturated carbocycles. The lowest BCUT2D eigenvalue weighted by atomic mass is 9.93. The van der Waals surface area contributed by atoms with Crippen LogP contribution in [0.1, 0.15) is 47.6 Å². The number of hydrogen-bond acceptors (Lipinski definition) is 4. The van der Waals surface area contributed by atoms with Gasteiger partial charge in [-0.25, -0.2) is 0 Å². The standard InChI is InChI=1S/C20H24O4/c1-12(2)17-9-15(5-6-19(17)21)10-18-13(3)7-16(8-14(18)4)24-11-20(22)23/h5-9,12,21H,10-11H2,1-4H3,(H,22,23)/p-1. The number of carboxylic acid groups (broad SMARTS) is 1. The van der Waals surface area contributed by atoms with Gasteiger partial charge in [0.25, 0.3) is 0 Å². The summed E-state index contributed by atoms with van der Waals surface area (Å²) in [5.74, 6) is -0.119. The first kappa shape index (κ1) is 17.9. The lowest BCUT2D eigenvalue weighted by Crippen LogP contribution is -2.29. The van der Waals surface area contributed by atoms with Crippen LogP contribution in [0.15, 0.2) is 30.3 Å². The van der Waals surface area contributed by atoms with Crippen molar-refractivity contribution >= 4 is 5.97 Å². The van der Waals surface area contributed by atoms with Crippen molar-refractivity contribution < 1.29 is 19.7 Å². The normalized spacial score (nSPS) is 10.9. The van der Waals surface area contributed by atoms with Gasteiger partial charge in [-0.2, -0.15) is 0 Å². The van der Waals surface area contributed by atoms with Gasteiger partial charge in [0.2, 0.25) is 0 Å². The minimum absolute atomic E-state index is 0.257. The Morgan fingerprint density at radius 2 is 1.79 bits per heavy atom. The van der Waals surface area contributed by atoms with Crippen LogP contribution in [-0.4, -0.2) is 17.7 Å². The van der Waals surface area contributed by atoms with Crippen LogP contribution in [0.5, 0.6) is 11.5 Å². The molecule has 2 rings (SSSR count). The van der Waals surface area contributed by atoms with Crippen molar-refractivity contribution in [3.8, 4) is 11.5 Å². The van der Waals surface area contributed by atoms with Gasteiger partial charge >= 0.3 is 0 Å². The van der Waals surface area contributed by atoms with Crippen molar-refractivity contribution in [2.75, 3.05) is 6.61 Å². The Labute approximate surface area is 142 Å². The molecule has 0 unspecified atom stereocenters. The highest BCUT2D eigenvalue weighted by Crippen LogP contribution is 2.29. The van der Waals surface area contributed by atoms with Crippen molar-refractivity contribution in [3.05, 3.63) is 58.1 Å². The number of aryl methyl sites for hydroxylation is 2. The van der Waals surface area contributed by atoms with Crippen LogP contribution in [0.25, 0.3) is 0 Å². The fourth-order valence-corrected chi connectivity index (χ4v) is 2.84. The number of aliphatic carboxylic acids is 1. The number of aromatic hydroxyl groups is 1. The van der Waals surface area contributed by atoms with Crippen molar-refractivity contribution in [1.82, 2.24) is 0 Å². The highest BCUT2D eigenvalue weighted by atomic mass is 16.5. The number of phenols is 1. The van der Waals surface area contributed by atoms with E-state index in [2.05, 4.69) is 13.8 Å². The summed E-state index contributed by atoms with van der Waals surface area (Å²) in [6, 6.07) is 9.40. The molecule has 4 nitrogen and oxygen atoms in total. The second-order valence-electron chi connectivity index (χ2n) is 6.42. The molecule has 4 heteroatoms. The van der Waals surface area contributed by atoms with Crippen LogP contribution >= 0.6 is 0 Å². The van der Waals surface area contributed by atoms with Crippen molar-refractivity contribution in [1.29, 1.82) is 0 Å². The number of carbonyl (C=O) groups is 1. The molecular weight excluding hydrogens is 304 g/mol. The molecule has 1 N–H and O–H groups in total. The summed E-state index contributed by atoms with van der Waals surface area (Å²) in [5, 5.41) is 20.5. The van der Waals surface area contributed by atoms with Crippen LogP contribution in [0.2, 0.25) is 0 Å². The lowest BCUT2D eigenvalue weighted by molar-refractivity contribution is -0.307. The van der Waals surface area contributed by atoms with Gasteiger partial charge in [-0.05, 0) is 72.2 Å². The van der Waals surface area contributed by atoms with Crippen LogP contribution in [0.3, 0.4) is 0 Å². The molecule has 0 aliphatic carbocycles. The minimum atomic E-state index is -1.24. The Morgan fingerprint density at radius 3 is 2.33 bits per heavy atom. The third-order valence-electron chi connectivity index (χ3n) is 4.12. The Bertz CT molecular complexity index is 724.